The highest BCUT2D eigenvalue weighted by atomic mass is 32.2. The molecule has 0 radical (unpaired) electrons. The molecule has 0 aliphatic heterocycles. The first-order chi connectivity index (χ1) is 9.18. The Morgan fingerprint density at radius 2 is 1.76 bits per heavy atom. The van der Waals surface area contributed by atoms with Crippen LogP contribution in [0.25, 0.3) is 0 Å². The van der Waals surface area contributed by atoms with Gasteiger partial charge in [0.2, 0.25) is 0 Å². The van der Waals surface area contributed by atoms with Crippen molar-refractivity contribution >= 4 is 22.1 Å². The highest BCUT2D eigenvalue weighted by Gasteiger charge is 2.45. The van der Waals surface area contributed by atoms with Crippen LogP contribution in [0.2, 0.25) is 0 Å². The molecule has 0 aliphatic carbocycles. The lowest BCUT2D eigenvalue weighted by atomic mass is 10.1. The van der Waals surface area contributed by atoms with Gasteiger partial charge in [-0.3, -0.25) is 9.35 Å². The van der Waals surface area contributed by atoms with Crippen molar-refractivity contribution in [1.29, 1.82) is 0 Å². The van der Waals surface area contributed by atoms with Crippen molar-refractivity contribution in [3.63, 3.8) is 0 Å². The summed E-state index contributed by atoms with van der Waals surface area (Å²) in [4.78, 5) is 22.6. The van der Waals surface area contributed by atoms with Crippen molar-refractivity contribution in [1.82, 2.24) is 0 Å². The highest BCUT2D eigenvalue weighted by molar-refractivity contribution is 7.86. The van der Waals surface area contributed by atoms with Crippen LogP contribution in [-0.4, -0.2) is 42.4 Å². The average Bonchev–Trinajstić information content (AvgIpc) is 2.23. The van der Waals surface area contributed by atoms with Gasteiger partial charge < -0.3 is 9.47 Å². The second kappa shape index (κ2) is 6.48. The maximum atomic E-state index is 12.8. The first-order valence-corrected chi connectivity index (χ1v) is 7.01. The van der Waals surface area contributed by atoms with E-state index in [1.165, 1.54) is 20.8 Å². The first kappa shape index (κ1) is 19.4. The average molecular weight is 330 g/mol. The fraction of sp³-hybridized carbons (Fsp3) is 0.636. The molecule has 0 fully saturated rings. The van der Waals surface area contributed by atoms with Crippen LogP contribution in [0, 0.1) is 0 Å². The maximum Gasteiger partial charge on any atom is 0.402 e. The molecule has 0 unspecified atom stereocenters. The number of halogens is 2. The number of carbonyl (C=O) groups excluding carboxylic acids is 2. The Morgan fingerprint density at radius 3 is 2.14 bits per heavy atom. The normalized spacial score (nSPS) is 12.7. The molecule has 0 spiro atoms. The minimum atomic E-state index is -5.68. The zero-order valence-corrected chi connectivity index (χ0v) is 12.5. The van der Waals surface area contributed by atoms with E-state index in [1.54, 1.807) is 0 Å². The van der Waals surface area contributed by atoms with E-state index < -0.39 is 45.9 Å². The highest BCUT2D eigenvalue weighted by Crippen LogP contribution is 2.22. The third-order valence-corrected chi connectivity index (χ3v) is 2.94. The third-order valence-electron chi connectivity index (χ3n) is 2.07. The molecule has 0 aliphatic rings. The summed E-state index contributed by atoms with van der Waals surface area (Å²) in [7, 11) is -5.68. The fourth-order valence-corrected chi connectivity index (χ4v) is 1.22. The SMILES string of the molecule is C=C(C)C(=O)OC(C)(C)CC(=O)OCC(F)(F)S(=O)(=O)O. The summed E-state index contributed by atoms with van der Waals surface area (Å²) in [6.07, 6.45) is -0.590. The lowest BCUT2D eigenvalue weighted by Gasteiger charge is -2.24. The van der Waals surface area contributed by atoms with Gasteiger partial charge in [-0.1, -0.05) is 6.58 Å². The molecule has 0 rings (SSSR count). The minimum absolute atomic E-state index is 0.0781. The molecule has 0 amide bonds. The third kappa shape index (κ3) is 6.63. The quantitative estimate of drug-likeness (QED) is 0.426. The van der Waals surface area contributed by atoms with E-state index in [1.807, 2.05) is 0 Å². The van der Waals surface area contributed by atoms with E-state index in [-0.39, 0.29) is 5.57 Å². The Morgan fingerprint density at radius 1 is 1.29 bits per heavy atom. The van der Waals surface area contributed by atoms with Gasteiger partial charge in [-0.05, 0) is 20.8 Å². The lowest BCUT2D eigenvalue weighted by molar-refractivity contribution is -0.162. The Kier molecular flexibility index (Phi) is 6.00. The van der Waals surface area contributed by atoms with Gasteiger partial charge in [-0.25, -0.2) is 4.79 Å². The molecule has 7 nitrogen and oxygen atoms in total. The van der Waals surface area contributed by atoms with Crippen LogP contribution in [-0.2, 0) is 29.2 Å². The smallest absolute Gasteiger partial charge is 0.402 e. The zero-order valence-electron chi connectivity index (χ0n) is 11.7. The Bertz CT molecular complexity index is 537. The predicted molar refractivity (Wildman–Crippen MR) is 67.1 cm³/mol. The summed E-state index contributed by atoms with van der Waals surface area (Å²) in [6.45, 7) is 5.53. The van der Waals surface area contributed by atoms with Gasteiger partial charge in [0.05, 0.1) is 6.42 Å². The van der Waals surface area contributed by atoms with Gasteiger partial charge in [0.15, 0.2) is 6.61 Å². The van der Waals surface area contributed by atoms with E-state index in [4.69, 9.17) is 9.29 Å². The molecule has 0 atom stereocenters. The fourth-order valence-electron chi connectivity index (χ4n) is 1.01. The number of hydrogen-bond acceptors (Lipinski definition) is 6. The molecule has 0 bridgehead atoms. The van der Waals surface area contributed by atoms with E-state index in [0.717, 1.165) is 0 Å². The molecule has 0 aromatic rings. The topological polar surface area (TPSA) is 107 Å². The van der Waals surface area contributed by atoms with Gasteiger partial charge in [0.1, 0.15) is 5.60 Å². The number of ether oxygens (including phenoxy) is 2. The molecule has 0 aromatic heterocycles. The van der Waals surface area contributed by atoms with Crippen molar-refractivity contribution in [2.45, 2.75) is 38.0 Å². The van der Waals surface area contributed by atoms with E-state index in [0.29, 0.717) is 0 Å². The Labute approximate surface area is 120 Å². The van der Waals surface area contributed by atoms with Gasteiger partial charge in [0, 0.05) is 5.57 Å². The monoisotopic (exact) mass is 330 g/mol. The van der Waals surface area contributed by atoms with E-state index in [9.17, 15) is 26.8 Å². The molecule has 0 aromatic carbocycles. The molecule has 10 heteroatoms. The molecule has 122 valence electrons. The second-order valence-corrected chi connectivity index (χ2v) is 6.43. The molecular formula is C11H16F2O7S. The van der Waals surface area contributed by atoms with Crippen LogP contribution in [0.15, 0.2) is 12.2 Å². The lowest BCUT2D eigenvalue weighted by Crippen LogP contribution is -2.37. The van der Waals surface area contributed by atoms with Crippen molar-refractivity contribution < 1.29 is 40.8 Å². The molecule has 1 N–H and O–H groups in total. The van der Waals surface area contributed by atoms with E-state index >= 15 is 0 Å². The van der Waals surface area contributed by atoms with Crippen LogP contribution < -0.4 is 0 Å². The van der Waals surface area contributed by atoms with Crippen LogP contribution in [0.1, 0.15) is 27.2 Å². The molecule has 0 saturated heterocycles. The van der Waals surface area contributed by atoms with Crippen molar-refractivity contribution in [2.24, 2.45) is 0 Å². The molecule has 0 heterocycles. The van der Waals surface area contributed by atoms with Gasteiger partial charge in [-0.15, -0.1) is 0 Å². The summed E-state index contributed by atoms with van der Waals surface area (Å²) in [5.41, 5.74) is -1.28. The van der Waals surface area contributed by atoms with Crippen molar-refractivity contribution in [3.05, 3.63) is 12.2 Å². The van der Waals surface area contributed by atoms with Crippen molar-refractivity contribution in [3.8, 4) is 0 Å². The van der Waals surface area contributed by atoms with Crippen molar-refractivity contribution in [2.75, 3.05) is 6.61 Å². The van der Waals surface area contributed by atoms with Gasteiger partial charge in [-0.2, -0.15) is 17.2 Å². The summed E-state index contributed by atoms with van der Waals surface area (Å²) >= 11 is 0. The summed E-state index contributed by atoms with van der Waals surface area (Å²) in [5.74, 6) is -2.01. The second-order valence-electron chi connectivity index (χ2n) is 4.88. The summed E-state index contributed by atoms with van der Waals surface area (Å²) < 4.78 is 63.4. The van der Waals surface area contributed by atoms with E-state index in [2.05, 4.69) is 11.3 Å². The number of esters is 2. The number of rotatable bonds is 7. The Balaban J connectivity index is 4.58. The molecular weight excluding hydrogens is 314 g/mol. The molecule has 21 heavy (non-hydrogen) atoms. The first-order valence-electron chi connectivity index (χ1n) is 5.57. The zero-order chi connectivity index (χ0) is 17.1. The minimum Gasteiger partial charge on any atom is -0.458 e. The Hall–Kier alpha value is -1.55. The van der Waals surface area contributed by atoms with Crippen LogP contribution >= 0.6 is 0 Å². The van der Waals surface area contributed by atoms with Crippen LogP contribution in [0.5, 0.6) is 0 Å². The van der Waals surface area contributed by atoms with Gasteiger partial charge in [0.25, 0.3) is 0 Å². The van der Waals surface area contributed by atoms with Crippen LogP contribution in [0.4, 0.5) is 8.78 Å². The summed E-state index contributed by atoms with van der Waals surface area (Å²) in [5, 5.41) is -4.61. The van der Waals surface area contributed by atoms with Crippen LogP contribution in [0.3, 0.4) is 0 Å². The largest absolute Gasteiger partial charge is 0.458 e. The number of alkyl halides is 2. The summed E-state index contributed by atoms with van der Waals surface area (Å²) in [6, 6.07) is 0. The number of carbonyl (C=O) groups is 2. The molecule has 0 saturated carbocycles. The van der Waals surface area contributed by atoms with Gasteiger partial charge >= 0.3 is 27.3 Å². The standard InChI is InChI=1S/C11H16F2O7S/c1-7(2)9(15)20-10(3,4)5-8(14)19-6-11(12,13)21(16,17)18/h1,5-6H2,2-4H3,(H,16,17,18). The predicted octanol–water partition coefficient (Wildman–Crippen LogP) is 1.30. The number of hydrogen-bond donors (Lipinski definition) is 1. The maximum absolute atomic E-state index is 12.8.